The summed E-state index contributed by atoms with van der Waals surface area (Å²) in [6.07, 6.45) is -1.20. The average molecular weight is 372 g/mol. The summed E-state index contributed by atoms with van der Waals surface area (Å²) in [6, 6.07) is 11.0. The van der Waals surface area contributed by atoms with Crippen molar-refractivity contribution >= 4 is 11.8 Å². The van der Waals surface area contributed by atoms with Crippen LogP contribution in [0.4, 0.5) is 4.39 Å². The highest BCUT2D eigenvalue weighted by Crippen LogP contribution is 2.07. The Bertz CT molecular complexity index is 854. The van der Waals surface area contributed by atoms with Crippen LogP contribution in [0, 0.1) is 17.7 Å². The van der Waals surface area contributed by atoms with Gasteiger partial charge < -0.3 is 10.4 Å². The fourth-order valence-electron chi connectivity index (χ4n) is 2.11. The van der Waals surface area contributed by atoms with Gasteiger partial charge in [0, 0.05) is 11.1 Å². The third kappa shape index (κ3) is 5.92. The lowest BCUT2D eigenvalue weighted by Gasteiger charge is -2.19. The summed E-state index contributed by atoms with van der Waals surface area (Å²) in [5, 5.41) is 20.5. The molecule has 0 aliphatic heterocycles. The lowest BCUT2D eigenvalue weighted by molar-refractivity contribution is -0.133. The zero-order chi connectivity index (χ0) is 19.1. The fourth-order valence-corrected chi connectivity index (χ4v) is 2.11. The number of hydroxylamine groups is 1. The Labute approximate surface area is 157 Å². The molecule has 4 N–H and O–H groups in total. The summed E-state index contributed by atoms with van der Waals surface area (Å²) in [6.45, 7) is 1.31. The monoisotopic (exact) mass is 372 g/mol. The van der Waals surface area contributed by atoms with Crippen LogP contribution in [0.1, 0.15) is 35.8 Å². The van der Waals surface area contributed by atoms with Crippen molar-refractivity contribution < 1.29 is 24.3 Å². The maximum absolute atomic E-state index is 13.5. The highest BCUT2D eigenvalue weighted by molar-refractivity contribution is 5.97. The van der Waals surface area contributed by atoms with Gasteiger partial charge in [-0.15, -0.1) is 0 Å². The number of carbonyl (C=O) groups excluding carboxylic acids is 2. The predicted octanol–water partition coefficient (Wildman–Crippen LogP) is 1.85. The molecule has 0 saturated heterocycles. The summed E-state index contributed by atoms with van der Waals surface area (Å²) in [5.41, 5.74) is 2.46. The van der Waals surface area contributed by atoms with Gasteiger partial charge >= 0.3 is 0 Å². The topological polar surface area (TPSA) is 98.7 Å². The van der Waals surface area contributed by atoms with Crippen molar-refractivity contribution in [1.29, 1.82) is 0 Å². The molecule has 2 atom stereocenters. The Balaban J connectivity index is 0.00000364. The Hall–Kier alpha value is -3.21. The zero-order valence-electron chi connectivity index (χ0n) is 13.9. The number of amides is 2. The van der Waals surface area contributed by atoms with E-state index < -0.39 is 29.8 Å². The molecule has 0 aliphatic carbocycles. The number of hydrogen-bond acceptors (Lipinski definition) is 4. The van der Waals surface area contributed by atoms with Crippen LogP contribution in [-0.4, -0.2) is 34.3 Å². The van der Waals surface area contributed by atoms with E-state index in [1.807, 2.05) is 0 Å². The minimum absolute atomic E-state index is 0. The van der Waals surface area contributed by atoms with Crippen LogP contribution in [0.5, 0.6) is 0 Å². The Morgan fingerprint density at radius 3 is 2.26 bits per heavy atom. The molecule has 2 rings (SSSR count). The van der Waals surface area contributed by atoms with Crippen molar-refractivity contribution in [3.05, 3.63) is 71.0 Å². The minimum Gasteiger partial charge on any atom is -0.391 e. The van der Waals surface area contributed by atoms with E-state index in [0.29, 0.717) is 5.56 Å². The number of benzene rings is 2. The molecule has 0 aromatic heterocycles. The molecule has 7 heteroatoms. The first kappa shape index (κ1) is 21.8. The first-order valence-electron chi connectivity index (χ1n) is 7.72. The van der Waals surface area contributed by atoms with E-state index in [0.717, 1.165) is 0 Å². The third-order valence-corrected chi connectivity index (χ3v) is 3.52. The maximum atomic E-state index is 13.5. The summed E-state index contributed by atoms with van der Waals surface area (Å²) < 4.78 is 13.5. The van der Waals surface area contributed by atoms with Crippen molar-refractivity contribution in [2.24, 2.45) is 0 Å². The van der Waals surface area contributed by atoms with E-state index in [-0.39, 0.29) is 18.6 Å². The molecule has 2 aromatic rings. The molecule has 6 nitrogen and oxygen atoms in total. The fraction of sp³-hybridized carbons (Fsp3) is 0.200. The van der Waals surface area contributed by atoms with Gasteiger partial charge in [-0.3, -0.25) is 14.8 Å². The van der Waals surface area contributed by atoms with Gasteiger partial charge in [-0.25, -0.2) is 9.87 Å². The Kier molecular flexibility index (Phi) is 8.14. The molecular weight excluding hydrogens is 351 g/mol. The highest BCUT2D eigenvalue weighted by atomic mass is 19.1. The molecule has 0 aliphatic rings. The van der Waals surface area contributed by atoms with Gasteiger partial charge in [0.2, 0.25) is 0 Å². The van der Waals surface area contributed by atoms with Crippen molar-refractivity contribution in [3.8, 4) is 11.8 Å². The van der Waals surface area contributed by atoms with Crippen LogP contribution >= 0.6 is 0 Å². The van der Waals surface area contributed by atoms with E-state index in [1.54, 1.807) is 30.3 Å². The minimum atomic E-state index is -1.30. The van der Waals surface area contributed by atoms with Gasteiger partial charge in [-0.05, 0) is 43.3 Å². The molecule has 0 saturated carbocycles. The third-order valence-electron chi connectivity index (χ3n) is 3.52. The zero-order valence-corrected chi connectivity index (χ0v) is 13.9. The number of rotatable bonds is 4. The number of aliphatic hydroxyl groups is 1. The van der Waals surface area contributed by atoms with Gasteiger partial charge in [0.1, 0.15) is 11.9 Å². The van der Waals surface area contributed by atoms with E-state index in [1.165, 1.54) is 30.6 Å². The van der Waals surface area contributed by atoms with Crippen LogP contribution in [0.2, 0.25) is 0 Å². The Morgan fingerprint density at radius 1 is 1.07 bits per heavy atom. The largest absolute Gasteiger partial charge is 0.391 e. The number of carbonyl (C=O) groups is 2. The molecule has 0 bridgehead atoms. The highest BCUT2D eigenvalue weighted by Gasteiger charge is 2.25. The molecule has 0 radical (unpaired) electrons. The quantitative estimate of drug-likeness (QED) is 0.374. The lowest BCUT2D eigenvalue weighted by atomic mass is 10.1. The smallest absolute Gasteiger partial charge is 0.268 e. The van der Waals surface area contributed by atoms with Gasteiger partial charge in [0.15, 0.2) is 0 Å². The molecule has 0 spiro atoms. The second-order valence-corrected chi connectivity index (χ2v) is 5.47. The SMILES string of the molecule is C.C[C@@H](O)[C@H](NC(=O)c1ccc(C#Cc2ccccc2F)cc1)C(=O)NO. The average Bonchev–Trinajstić information content (AvgIpc) is 2.64. The number of nitrogens with one attached hydrogen (secondary N) is 2. The molecule has 2 amide bonds. The second kappa shape index (κ2) is 10.1. The molecule has 0 fully saturated rings. The maximum Gasteiger partial charge on any atom is 0.268 e. The summed E-state index contributed by atoms with van der Waals surface area (Å²) in [5.74, 6) is 3.56. The van der Waals surface area contributed by atoms with Crippen LogP contribution in [0.3, 0.4) is 0 Å². The molecular formula is C20H21FN2O4. The first-order valence-corrected chi connectivity index (χ1v) is 7.72. The standard InChI is InChI=1S/C19H17FN2O4.CH4/c1-12(23)17(19(25)22-26)21-18(24)15-10-7-13(8-11-15)6-9-14-4-2-3-5-16(14)20;/h2-5,7-8,10-12,17,23,26H,1H3,(H,21,24)(H,22,25);1H4/t12-,17+;/m1./s1. The number of aliphatic hydroxyl groups excluding tert-OH is 1. The molecule has 0 heterocycles. The normalized spacial score (nSPS) is 11.9. The molecule has 142 valence electrons. The van der Waals surface area contributed by atoms with Gasteiger partial charge in [-0.2, -0.15) is 0 Å². The van der Waals surface area contributed by atoms with Crippen LogP contribution in [0.15, 0.2) is 48.5 Å². The van der Waals surface area contributed by atoms with Crippen molar-refractivity contribution in [1.82, 2.24) is 10.8 Å². The van der Waals surface area contributed by atoms with E-state index in [9.17, 15) is 19.1 Å². The molecule has 27 heavy (non-hydrogen) atoms. The predicted molar refractivity (Wildman–Crippen MR) is 98.4 cm³/mol. The van der Waals surface area contributed by atoms with Gasteiger partial charge in [0.25, 0.3) is 11.8 Å². The van der Waals surface area contributed by atoms with Gasteiger partial charge in [-0.1, -0.05) is 31.4 Å². The Morgan fingerprint density at radius 2 is 1.70 bits per heavy atom. The first-order chi connectivity index (χ1) is 12.4. The molecule has 2 aromatic carbocycles. The van der Waals surface area contributed by atoms with E-state index in [2.05, 4.69) is 17.2 Å². The van der Waals surface area contributed by atoms with Crippen molar-refractivity contribution in [2.75, 3.05) is 0 Å². The van der Waals surface area contributed by atoms with E-state index in [4.69, 9.17) is 5.21 Å². The van der Waals surface area contributed by atoms with Crippen LogP contribution in [-0.2, 0) is 4.79 Å². The molecule has 0 unspecified atom stereocenters. The lowest BCUT2D eigenvalue weighted by Crippen LogP contribution is -2.51. The van der Waals surface area contributed by atoms with Gasteiger partial charge in [0.05, 0.1) is 11.7 Å². The van der Waals surface area contributed by atoms with Crippen molar-refractivity contribution in [3.63, 3.8) is 0 Å². The van der Waals surface area contributed by atoms with Crippen LogP contribution in [0.25, 0.3) is 0 Å². The number of halogens is 1. The summed E-state index contributed by atoms with van der Waals surface area (Å²) >= 11 is 0. The van der Waals surface area contributed by atoms with E-state index >= 15 is 0 Å². The van der Waals surface area contributed by atoms with Crippen LogP contribution < -0.4 is 10.8 Å². The number of hydrogen-bond donors (Lipinski definition) is 4. The van der Waals surface area contributed by atoms with Crippen molar-refractivity contribution in [2.45, 2.75) is 26.5 Å². The summed E-state index contributed by atoms with van der Waals surface area (Å²) in [7, 11) is 0. The summed E-state index contributed by atoms with van der Waals surface area (Å²) in [4.78, 5) is 23.6. The second-order valence-electron chi connectivity index (χ2n) is 5.47.